The minimum atomic E-state index is 0.00290. The fraction of sp³-hybridized carbons (Fsp3) is 0.222. The monoisotopic (exact) mass is 304 g/mol. The fourth-order valence-corrected chi connectivity index (χ4v) is 3.24. The number of likely N-dealkylation sites (tertiary alicyclic amines) is 1. The minimum Gasteiger partial charge on any atom is -0.330 e. The van der Waals surface area contributed by atoms with Crippen molar-refractivity contribution >= 4 is 16.8 Å². The molecule has 3 aromatic rings. The molecule has 3 heterocycles. The zero-order valence-electron chi connectivity index (χ0n) is 12.6. The molecule has 1 aromatic carbocycles. The van der Waals surface area contributed by atoms with Crippen molar-refractivity contribution in [3.63, 3.8) is 0 Å². The molecule has 23 heavy (non-hydrogen) atoms. The van der Waals surface area contributed by atoms with Crippen LogP contribution in [0.1, 0.15) is 34.9 Å². The van der Waals surface area contributed by atoms with Gasteiger partial charge in [-0.2, -0.15) is 0 Å². The van der Waals surface area contributed by atoms with E-state index in [1.807, 2.05) is 35.2 Å². The Bertz CT molecular complexity index is 845. The van der Waals surface area contributed by atoms with Gasteiger partial charge in [0.15, 0.2) is 0 Å². The van der Waals surface area contributed by atoms with Crippen molar-refractivity contribution in [3.8, 4) is 0 Å². The molecule has 5 nitrogen and oxygen atoms in total. The first-order valence-electron chi connectivity index (χ1n) is 7.75. The van der Waals surface area contributed by atoms with Crippen LogP contribution in [0, 0.1) is 0 Å². The van der Waals surface area contributed by atoms with Gasteiger partial charge >= 0.3 is 0 Å². The van der Waals surface area contributed by atoms with Crippen molar-refractivity contribution in [1.29, 1.82) is 0 Å². The highest BCUT2D eigenvalue weighted by atomic mass is 16.2. The summed E-state index contributed by atoms with van der Waals surface area (Å²) in [7, 11) is 0. The molecule has 1 saturated heterocycles. The van der Waals surface area contributed by atoms with Gasteiger partial charge < -0.3 is 4.90 Å². The molecule has 1 amide bonds. The summed E-state index contributed by atoms with van der Waals surface area (Å²) in [4.78, 5) is 27.9. The summed E-state index contributed by atoms with van der Waals surface area (Å²) in [5.41, 5.74) is 2.40. The van der Waals surface area contributed by atoms with Gasteiger partial charge in [-0.05, 0) is 31.0 Å². The number of amides is 1. The van der Waals surface area contributed by atoms with Crippen LogP contribution in [0.3, 0.4) is 0 Å². The van der Waals surface area contributed by atoms with Gasteiger partial charge in [0.25, 0.3) is 5.91 Å². The standard InChI is InChI=1S/C18H16N4O/c23-18(14-4-1-6-15-13(14)5-2-8-20-15)22-11-3-7-17(22)16-12-19-9-10-21-16/h1-2,4-6,8-10,12,17H,3,7,11H2/t17-/m0/s1. The molecule has 4 rings (SSSR count). The Labute approximate surface area is 134 Å². The van der Waals surface area contributed by atoms with Gasteiger partial charge in [-0.15, -0.1) is 0 Å². The van der Waals surface area contributed by atoms with Crippen LogP contribution >= 0.6 is 0 Å². The number of rotatable bonds is 2. The van der Waals surface area contributed by atoms with Crippen LogP contribution in [0.25, 0.3) is 10.9 Å². The van der Waals surface area contributed by atoms with Crippen molar-refractivity contribution in [2.24, 2.45) is 0 Å². The largest absolute Gasteiger partial charge is 0.330 e. The number of aromatic nitrogens is 3. The summed E-state index contributed by atoms with van der Waals surface area (Å²) in [6, 6.07) is 9.50. The number of nitrogens with zero attached hydrogens (tertiary/aromatic N) is 4. The number of hydrogen-bond donors (Lipinski definition) is 0. The summed E-state index contributed by atoms with van der Waals surface area (Å²) >= 11 is 0. The highest BCUT2D eigenvalue weighted by molar-refractivity contribution is 6.06. The third-order valence-electron chi connectivity index (χ3n) is 4.31. The SMILES string of the molecule is O=C(c1cccc2ncccc12)N1CCC[C@H]1c1cnccn1. The zero-order chi connectivity index (χ0) is 15.6. The van der Waals surface area contributed by atoms with Crippen molar-refractivity contribution in [2.45, 2.75) is 18.9 Å². The first kappa shape index (κ1) is 13.8. The molecule has 5 heteroatoms. The third kappa shape index (κ3) is 2.44. The molecule has 114 valence electrons. The molecule has 0 unspecified atom stereocenters. The first-order valence-corrected chi connectivity index (χ1v) is 7.75. The van der Waals surface area contributed by atoms with Crippen LogP contribution in [0.15, 0.2) is 55.1 Å². The second-order valence-corrected chi connectivity index (χ2v) is 5.66. The molecule has 1 fully saturated rings. The molecule has 0 spiro atoms. The lowest BCUT2D eigenvalue weighted by Crippen LogP contribution is -2.31. The summed E-state index contributed by atoms with van der Waals surface area (Å²) in [6.07, 6.45) is 8.73. The predicted molar refractivity (Wildman–Crippen MR) is 86.8 cm³/mol. The van der Waals surface area contributed by atoms with Crippen LogP contribution in [0.2, 0.25) is 0 Å². The van der Waals surface area contributed by atoms with Gasteiger partial charge in [0.1, 0.15) is 0 Å². The highest BCUT2D eigenvalue weighted by Crippen LogP contribution is 2.32. The zero-order valence-corrected chi connectivity index (χ0v) is 12.6. The maximum atomic E-state index is 13.1. The Hall–Kier alpha value is -2.82. The molecule has 1 aliphatic heterocycles. The number of fused-ring (bicyclic) bond motifs is 1. The number of carbonyl (C=O) groups is 1. The second-order valence-electron chi connectivity index (χ2n) is 5.66. The van der Waals surface area contributed by atoms with Crippen LogP contribution in [0.5, 0.6) is 0 Å². The van der Waals surface area contributed by atoms with Crippen molar-refractivity contribution < 1.29 is 4.79 Å². The molecular formula is C18H16N4O. The summed E-state index contributed by atoms with van der Waals surface area (Å²) < 4.78 is 0. The van der Waals surface area contributed by atoms with Gasteiger partial charge in [0, 0.05) is 36.1 Å². The van der Waals surface area contributed by atoms with Crippen LogP contribution < -0.4 is 0 Å². The molecule has 0 N–H and O–H groups in total. The van der Waals surface area contributed by atoms with Crippen molar-refractivity contribution in [2.75, 3.05) is 6.54 Å². The van der Waals surface area contributed by atoms with E-state index in [9.17, 15) is 4.79 Å². The van der Waals surface area contributed by atoms with Crippen molar-refractivity contribution in [3.05, 3.63) is 66.4 Å². The Balaban J connectivity index is 1.73. The lowest BCUT2D eigenvalue weighted by molar-refractivity contribution is 0.0734. The number of benzene rings is 1. The van der Waals surface area contributed by atoms with Gasteiger partial charge in [-0.1, -0.05) is 12.1 Å². The predicted octanol–water partition coefficient (Wildman–Crippen LogP) is 3.00. The Morgan fingerprint density at radius 3 is 2.91 bits per heavy atom. The molecule has 1 atom stereocenters. The summed E-state index contributed by atoms with van der Waals surface area (Å²) in [5, 5.41) is 0.893. The van der Waals surface area contributed by atoms with E-state index in [0.717, 1.165) is 36.0 Å². The van der Waals surface area contributed by atoms with Gasteiger partial charge in [0.2, 0.25) is 0 Å². The van der Waals surface area contributed by atoms with E-state index in [0.29, 0.717) is 5.56 Å². The van der Waals surface area contributed by atoms with E-state index in [1.54, 1.807) is 24.8 Å². The molecule has 2 aromatic heterocycles. The molecule has 1 aliphatic rings. The number of pyridine rings is 1. The van der Waals surface area contributed by atoms with Crippen molar-refractivity contribution in [1.82, 2.24) is 19.9 Å². The Morgan fingerprint density at radius 2 is 2.04 bits per heavy atom. The lowest BCUT2D eigenvalue weighted by atomic mass is 10.1. The maximum Gasteiger partial charge on any atom is 0.255 e. The number of carbonyl (C=O) groups excluding carboxylic acids is 1. The van der Waals surface area contributed by atoms with E-state index in [2.05, 4.69) is 15.0 Å². The smallest absolute Gasteiger partial charge is 0.255 e. The van der Waals surface area contributed by atoms with E-state index >= 15 is 0 Å². The maximum absolute atomic E-state index is 13.1. The molecule has 0 saturated carbocycles. The van der Waals surface area contributed by atoms with Crippen LogP contribution in [-0.4, -0.2) is 32.3 Å². The fourth-order valence-electron chi connectivity index (χ4n) is 3.24. The van der Waals surface area contributed by atoms with E-state index in [-0.39, 0.29) is 11.9 Å². The van der Waals surface area contributed by atoms with Gasteiger partial charge in [0.05, 0.1) is 23.4 Å². The molecule has 0 aliphatic carbocycles. The van der Waals surface area contributed by atoms with E-state index in [1.165, 1.54) is 0 Å². The average Bonchev–Trinajstić information content (AvgIpc) is 3.11. The summed E-state index contributed by atoms with van der Waals surface area (Å²) in [6.45, 7) is 0.747. The lowest BCUT2D eigenvalue weighted by Gasteiger charge is -2.24. The van der Waals surface area contributed by atoms with Crippen LogP contribution in [-0.2, 0) is 0 Å². The molecule has 0 bridgehead atoms. The molecule has 0 radical (unpaired) electrons. The average molecular weight is 304 g/mol. The Morgan fingerprint density at radius 1 is 1.09 bits per heavy atom. The van der Waals surface area contributed by atoms with E-state index < -0.39 is 0 Å². The van der Waals surface area contributed by atoms with Gasteiger partial charge in [-0.25, -0.2) is 0 Å². The minimum absolute atomic E-state index is 0.00290. The van der Waals surface area contributed by atoms with Crippen LogP contribution in [0.4, 0.5) is 0 Å². The number of hydrogen-bond acceptors (Lipinski definition) is 4. The first-order chi connectivity index (χ1) is 11.3. The molecular weight excluding hydrogens is 288 g/mol. The van der Waals surface area contributed by atoms with Gasteiger partial charge in [-0.3, -0.25) is 19.7 Å². The Kier molecular flexibility index (Phi) is 3.46. The summed E-state index contributed by atoms with van der Waals surface area (Å²) in [5.74, 6) is 0.0387. The highest BCUT2D eigenvalue weighted by Gasteiger charge is 2.32. The normalized spacial score (nSPS) is 17.6. The quantitative estimate of drug-likeness (QED) is 0.730. The van der Waals surface area contributed by atoms with E-state index in [4.69, 9.17) is 0 Å². The second kappa shape index (κ2) is 5.76. The topological polar surface area (TPSA) is 59.0 Å². The third-order valence-corrected chi connectivity index (χ3v) is 4.31.